The van der Waals surface area contributed by atoms with Crippen LogP contribution < -0.4 is 4.72 Å². The number of nitrogens with one attached hydrogen (secondary N) is 1. The number of nitrogens with zero attached hydrogens (tertiary/aromatic N) is 1. The summed E-state index contributed by atoms with van der Waals surface area (Å²) in [7, 11) is -7.73. The van der Waals surface area contributed by atoms with Crippen LogP contribution in [-0.2, 0) is 26.4 Å². The molecule has 0 fully saturated rings. The fourth-order valence-corrected chi connectivity index (χ4v) is 4.23. The minimum atomic E-state index is -4.04. The molecule has 1 rings (SSSR count). The molecule has 6 nitrogen and oxygen atoms in total. The van der Waals surface area contributed by atoms with Crippen LogP contribution in [0.25, 0.3) is 0 Å². The third kappa shape index (κ3) is 5.34. The van der Waals surface area contributed by atoms with Crippen molar-refractivity contribution in [3.05, 3.63) is 35.1 Å². The topological polar surface area (TPSA) is 104 Å². The first-order valence-corrected chi connectivity index (χ1v) is 8.68. The molecule has 1 aromatic carbocycles. The third-order valence-electron chi connectivity index (χ3n) is 2.03. The number of benzene rings is 1. The first-order chi connectivity index (χ1) is 8.63. The van der Waals surface area contributed by atoms with Gasteiger partial charge in [-0.1, -0.05) is 6.07 Å². The summed E-state index contributed by atoms with van der Waals surface area (Å²) < 4.78 is 60.0. The monoisotopic (exact) mass is 306 g/mol. The molecule has 0 spiro atoms. The maximum atomic E-state index is 13.4. The lowest BCUT2D eigenvalue weighted by atomic mass is 10.1. The van der Waals surface area contributed by atoms with E-state index in [1.807, 2.05) is 4.72 Å². The standard InChI is InChI=1S/C10H11FN2O4S2/c1-18(14,15)7-19(16,17)13-6-9-3-2-8(5-12)4-10(9)11/h2-4,13H,6-7H2,1H3. The van der Waals surface area contributed by atoms with Crippen molar-refractivity contribution in [2.45, 2.75) is 6.54 Å². The zero-order chi connectivity index (χ0) is 14.7. The van der Waals surface area contributed by atoms with Crippen molar-refractivity contribution >= 4 is 19.9 Å². The van der Waals surface area contributed by atoms with Gasteiger partial charge in [0.05, 0.1) is 11.6 Å². The quantitative estimate of drug-likeness (QED) is 0.832. The maximum absolute atomic E-state index is 13.4. The first kappa shape index (κ1) is 15.6. The van der Waals surface area contributed by atoms with Crippen LogP contribution in [0, 0.1) is 17.1 Å². The van der Waals surface area contributed by atoms with Gasteiger partial charge in [-0.2, -0.15) is 5.26 Å². The van der Waals surface area contributed by atoms with Crippen molar-refractivity contribution in [2.24, 2.45) is 0 Å². The molecule has 104 valence electrons. The van der Waals surface area contributed by atoms with Crippen molar-refractivity contribution in [1.82, 2.24) is 4.72 Å². The molecule has 0 radical (unpaired) electrons. The van der Waals surface area contributed by atoms with Gasteiger partial charge >= 0.3 is 0 Å². The van der Waals surface area contributed by atoms with Gasteiger partial charge in [0.25, 0.3) is 0 Å². The lowest BCUT2D eigenvalue weighted by molar-refractivity contribution is 0.575. The lowest BCUT2D eigenvalue weighted by Crippen LogP contribution is -2.29. The Balaban J connectivity index is 2.81. The van der Waals surface area contributed by atoms with E-state index in [-0.39, 0.29) is 17.7 Å². The second kappa shape index (κ2) is 5.64. The molecule has 0 saturated carbocycles. The Morgan fingerprint density at radius 3 is 2.42 bits per heavy atom. The molecule has 0 unspecified atom stereocenters. The first-order valence-electron chi connectivity index (χ1n) is 4.96. The Bertz CT molecular complexity index is 720. The molecule has 0 aliphatic rings. The Morgan fingerprint density at radius 2 is 1.95 bits per heavy atom. The fourth-order valence-electron chi connectivity index (χ4n) is 1.27. The van der Waals surface area contributed by atoms with E-state index in [9.17, 15) is 21.2 Å². The van der Waals surface area contributed by atoms with Gasteiger partial charge < -0.3 is 0 Å². The second-order valence-corrected chi connectivity index (χ2v) is 8.21. The predicted molar refractivity (Wildman–Crippen MR) is 66.6 cm³/mol. The summed E-state index contributed by atoms with van der Waals surface area (Å²) in [5.41, 5.74) is 0.135. The maximum Gasteiger partial charge on any atom is 0.226 e. The second-order valence-electron chi connectivity index (χ2n) is 3.90. The molecule has 9 heteroatoms. The number of sulfonamides is 1. The highest BCUT2D eigenvalue weighted by molar-refractivity contribution is 8.06. The summed E-state index contributed by atoms with van der Waals surface area (Å²) in [5.74, 6) is -0.735. The van der Waals surface area contributed by atoms with E-state index in [4.69, 9.17) is 5.26 Å². The predicted octanol–water partition coefficient (Wildman–Crippen LogP) is 0.119. The van der Waals surface area contributed by atoms with E-state index in [1.165, 1.54) is 12.1 Å². The summed E-state index contributed by atoms with van der Waals surface area (Å²) >= 11 is 0. The average molecular weight is 306 g/mol. The van der Waals surface area contributed by atoms with E-state index in [0.717, 1.165) is 12.3 Å². The van der Waals surface area contributed by atoms with E-state index < -0.39 is 30.8 Å². The van der Waals surface area contributed by atoms with Gasteiger partial charge in [-0.15, -0.1) is 0 Å². The summed E-state index contributed by atoms with van der Waals surface area (Å²) in [6, 6.07) is 5.31. The zero-order valence-electron chi connectivity index (χ0n) is 9.92. The molecule has 0 aromatic heterocycles. The Kier molecular flexibility index (Phi) is 4.62. The zero-order valence-corrected chi connectivity index (χ0v) is 11.6. The number of sulfone groups is 1. The molecule has 1 aromatic rings. The molecule has 0 aliphatic carbocycles. The van der Waals surface area contributed by atoms with Crippen molar-refractivity contribution in [1.29, 1.82) is 5.26 Å². The van der Waals surface area contributed by atoms with Crippen LogP contribution in [0.2, 0.25) is 0 Å². The van der Waals surface area contributed by atoms with Crippen LogP contribution in [0.15, 0.2) is 18.2 Å². The summed E-state index contributed by atoms with van der Waals surface area (Å²) in [4.78, 5) is 0. The van der Waals surface area contributed by atoms with Gasteiger partial charge in [-0.05, 0) is 12.1 Å². The van der Waals surface area contributed by atoms with E-state index in [0.29, 0.717) is 0 Å². The fraction of sp³-hybridized carbons (Fsp3) is 0.300. The van der Waals surface area contributed by atoms with Gasteiger partial charge in [0.1, 0.15) is 5.82 Å². The molecule has 0 bridgehead atoms. The third-order valence-corrected chi connectivity index (χ3v) is 5.57. The number of hydrogen-bond donors (Lipinski definition) is 1. The number of hydrogen-bond acceptors (Lipinski definition) is 5. The number of nitriles is 1. The van der Waals surface area contributed by atoms with E-state index >= 15 is 0 Å². The highest BCUT2D eigenvalue weighted by Gasteiger charge is 2.18. The Morgan fingerprint density at radius 1 is 1.32 bits per heavy atom. The Labute approximate surface area is 110 Å². The van der Waals surface area contributed by atoms with Gasteiger partial charge in [0.15, 0.2) is 14.9 Å². The highest BCUT2D eigenvalue weighted by atomic mass is 32.3. The molecule has 19 heavy (non-hydrogen) atoms. The molecule has 0 amide bonds. The molecule has 0 aliphatic heterocycles. The van der Waals surface area contributed by atoms with Crippen LogP contribution in [0.3, 0.4) is 0 Å². The number of halogens is 1. The Hall–Kier alpha value is -1.50. The molecular weight excluding hydrogens is 295 g/mol. The van der Waals surface area contributed by atoms with Gasteiger partial charge in [-0.25, -0.2) is 25.9 Å². The van der Waals surface area contributed by atoms with Crippen LogP contribution in [0.4, 0.5) is 4.39 Å². The van der Waals surface area contributed by atoms with E-state index in [1.54, 1.807) is 6.07 Å². The molecule has 0 heterocycles. The average Bonchev–Trinajstić information content (AvgIpc) is 2.24. The normalized spacial score (nSPS) is 12.1. The summed E-state index contributed by atoms with van der Waals surface area (Å²) in [5, 5.41) is 7.49. The van der Waals surface area contributed by atoms with Crippen LogP contribution >= 0.6 is 0 Å². The lowest BCUT2D eigenvalue weighted by Gasteiger charge is -2.06. The molecular formula is C10H11FN2O4S2. The molecule has 0 atom stereocenters. The van der Waals surface area contributed by atoms with Gasteiger partial charge in [-0.3, -0.25) is 0 Å². The van der Waals surface area contributed by atoms with Crippen molar-refractivity contribution in [2.75, 3.05) is 11.3 Å². The van der Waals surface area contributed by atoms with Crippen LogP contribution in [-0.4, -0.2) is 28.2 Å². The van der Waals surface area contributed by atoms with Gasteiger partial charge in [0.2, 0.25) is 10.0 Å². The van der Waals surface area contributed by atoms with Crippen LogP contribution in [0.5, 0.6) is 0 Å². The highest BCUT2D eigenvalue weighted by Crippen LogP contribution is 2.10. The minimum absolute atomic E-state index is 0.0241. The summed E-state index contributed by atoms with van der Waals surface area (Å²) in [6.07, 6.45) is 0.786. The smallest absolute Gasteiger partial charge is 0.226 e. The van der Waals surface area contributed by atoms with Crippen molar-refractivity contribution in [3.63, 3.8) is 0 Å². The molecule has 0 saturated heterocycles. The van der Waals surface area contributed by atoms with Gasteiger partial charge in [0, 0.05) is 18.4 Å². The van der Waals surface area contributed by atoms with Crippen molar-refractivity contribution in [3.8, 4) is 6.07 Å². The van der Waals surface area contributed by atoms with Crippen molar-refractivity contribution < 1.29 is 21.2 Å². The van der Waals surface area contributed by atoms with Crippen LogP contribution in [0.1, 0.15) is 11.1 Å². The largest absolute Gasteiger partial charge is 0.228 e. The summed E-state index contributed by atoms with van der Waals surface area (Å²) in [6.45, 7) is -0.380. The SMILES string of the molecule is CS(=O)(=O)CS(=O)(=O)NCc1ccc(C#N)cc1F. The minimum Gasteiger partial charge on any atom is -0.228 e. The molecule has 1 N–H and O–H groups in total. The number of rotatable bonds is 5. The van der Waals surface area contributed by atoms with E-state index in [2.05, 4.69) is 0 Å².